The molecule has 0 saturated heterocycles. The molecule has 1 aromatic heterocycles. The van der Waals surface area contributed by atoms with Crippen molar-refractivity contribution >= 4 is 10.0 Å². The standard InChI is InChI=1S/C9H8FN3O2S/c10-7-3-1-2-4-8(7)13-9(5-6-12-13)16(11,14)15/h1-6H,(H2,11,14,15). The van der Waals surface area contributed by atoms with Crippen LogP contribution in [0.4, 0.5) is 4.39 Å². The molecule has 0 atom stereocenters. The fourth-order valence-corrected chi connectivity index (χ4v) is 1.95. The van der Waals surface area contributed by atoms with E-state index in [4.69, 9.17) is 5.14 Å². The molecule has 0 radical (unpaired) electrons. The zero-order chi connectivity index (χ0) is 11.8. The van der Waals surface area contributed by atoms with Gasteiger partial charge in [0.25, 0.3) is 10.0 Å². The van der Waals surface area contributed by atoms with Gasteiger partial charge in [-0.25, -0.2) is 22.6 Å². The van der Waals surface area contributed by atoms with Crippen LogP contribution in [-0.4, -0.2) is 18.2 Å². The molecule has 0 bridgehead atoms. The van der Waals surface area contributed by atoms with E-state index in [0.717, 1.165) is 4.68 Å². The first-order chi connectivity index (χ1) is 7.50. The molecule has 0 fully saturated rings. The lowest BCUT2D eigenvalue weighted by Crippen LogP contribution is -2.17. The van der Waals surface area contributed by atoms with Gasteiger partial charge in [0.1, 0.15) is 11.5 Å². The van der Waals surface area contributed by atoms with E-state index < -0.39 is 15.8 Å². The number of nitrogens with zero attached hydrogens (tertiary/aromatic N) is 2. The monoisotopic (exact) mass is 241 g/mol. The summed E-state index contributed by atoms with van der Waals surface area (Å²) >= 11 is 0. The molecular weight excluding hydrogens is 233 g/mol. The van der Waals surface area contributed by atoms with Crippen molar-refractivity contribution in [2.24, 2.45) is 5.14 Å². The average molecular weight is 241 g/mol. The molecule has 16 heavy (non-hydrogen) atoms. The third-order valence-corrected chi connectivity index (χ3v) is 2.87. The maximum atomic E-state index is 13.4. The number of hydrogen-bond donors (Lipinski definition) is 1. The molecule has 0 unspecified atom stereocenters. The van der Waals surface area contributed by atoms with Gasteiger partial charge in [-0.15, -0.1) is 0 Å². The van der Waals surface area contributed by atoms with Gasteiger partial charge in [-0.2, -0.15) is 5.10 Å². The van der Waals surface area contributed by atoms with Crippen LogP contribution >= 0.6 is 0 Å². The molecule has 0 aliphatic heterocycles. The Morgan fingerprint density at radius 2 is 1.94 bits per heavy atom. The van der Waals surface area contributed by atoms with E-state index in [9.17, 15) is 12.8 Å². The molecule has 0 saturated carbocycles. The highest BCUT2D eigenvalue weighted by Crippen LogP contribution is 2.16. The zero-order valence-electron chi connectivity index (χ0n) is 8.04. The lowest BCUT2D eigenvalue weighted by Gasteiger charge is -2.06. The van der Waals surface area contributed by atoms with Crippen LogP contribution in [0.1, 0.15) is 0 Å². The molecule has 2 N–H and O–H groups in total. The van der Waals surface area contributed by atoms with Gasteiger partial charge in [0.15, 0.2) is 5.03 Å². The number of halogens is 1. The number of benzene rings is 1. The molecule has 1 aromatic carbocycles. The third-order valence-electron chi connectivity index (χ3n) is 1.98. The second-order valence-corrected chi connectivity index (χ2v) is 4.59. The van der Waals surface area contributed by atoms with Crippen molar-refractivity contribution in [2.45, 2.75) is 5.03 Å². The number of sulfonamides is 1. The van der Waals surface area contributed by atoms with E-state index in [-0.39, 0.29) is 10.7 Å². The van der Waals surface area contributed by atoms with E-state index in [1.807, 2.05) is 0 Å². The molecule has 0 spiro atoms. The number of rotatable bonds is 2. The Labute approximate surface area is 91.4 Å². The Morgan fingerprint density at radius 1 is 1.25 bits per heavy atom. The third kappa shape index (κ3) is 1.82. The Balaban J connectivity index is 2.68. The molecular formula is C9H8FN3O2S. The quantitative estimate of drug-likeness (QED) is 0.838. The Morgan fingerprint density at radius 3 is 2.56 bits per heavy atom. The SMILES string of the molecule is NS(=O)(=O)c1ccnn1-c1ccccc1F. The predicted molar refractivity (Wildman–Crippen MR) is 54.9 cm³/mol. The van der Waals surface area contributed by atoms with Gasteiger partial charge in [0.2, 0.25) is 0 Å². The molecule has 0 aliphatic carbocycles. The van der Waals surface area contributed by atoms with Crippen LogP contribution < -0.4 is 5.14 Å². The van der Waals surface area contributed by atoms with E-state index >= 15 is 0 Å². The summed E-state index contributed by atoms with van der Waals surface area (Å²) in [6.07, 6.45) is 1.24. The zero-order valence-corrected chi connectivity index (χ0v) is 8.86. The molecule has 2 aromatic rings. The normalized spacial score (nSPS) is 11.6. The van der Waals surface area contributed by atoms with Gasteiger partial charge >= 0.3 is 0 Å². The summed E-state index contributed by atoms with van der Waals surface area (Å²) in [5.74, 6) is -0.573. The van der Waals surface area contributed by atoms with E-state index in [1.54, 1.807) is 6.07 Å². The number of nitrogens with two attached hydrogens (primary N) is 1. The van der Waals surface area contributed by atoms with Crippen LogP contribution in [0.15, 0.2) is 41.6 Å². The first kappa shape index (κ1) is 10.8. The second-order valence-electron chi connectivity index (χ2n) is 3.08. The first-order valence-electron chi connectivity index (χ1n) is 4.32. The van der Waals surface area contributed by atoms with Gasteiger partial charge in [0, 0.05) is 0 Å². The van der Waals surface area contributed by atoms with Gasteiger partial charge in [-0.05, 0) is 18.2 Å². The summed E-state index contributed by atoms with van der Waals surface area (Å²) in [6, 6.07) is 6.91. The fraction of sp³-hybridized carbons (Fsp3) is 0. The summed E-state index contributed by atoms with van der Waals surface area (Å²) in [7, 11) is -3.92. The maximum absolute atomic E-state index is 13.4. The first-order valence-corrected chi connectivity index (χ1v) is 5.86. The second kappa shape index (κ2) is 3.69. The van der Waals surface area contributed by atoms with Crippen LogP contribution in [0, 0.1) is 5.82 Å². The van der Waals surface area contributed by atoms with Crippen LogP contribution in [0.25, 0.3) is 5.69 Å². The minimum Gasteiger partial charge on any atom is -0.223 e. The van der Waals surface area contributed by atoms with Crippen molar-refractivity contribution in [1.29, 1.82) is 0 Å². The predicted octanol–water partition coefficient (Wildman–Crippen LogP) is 0.659. The Bertz CT molecular complexity index is 621. The highest BCUT2D eigenvalue weighted by molar-refractivity contribution is 7.89. The highest BCUT2D eigenvalue weighted by Gasteiger charge is 2.17. The largest absolute Gasteiger partial charge is 0.255 e. The summed E-state index contributed by atoms with van der Waals surface area (Å²) < 4.78 is 36.8. The smallest absolute Gasteiger partial charge is 0.223 e. The highest BCUT2D eigenvalue weighted by atomic mass is 32.2. The minimum absolute atomic E-state index is 0.0384. The number of aromatic nitrogens is 2. The van der Waals surface area contributed by atoms with Crippen molar-refractivity contribution in [3.63, 3.8) is 0 Å². The van der Waals surface area contributed by atoms with Gasteiger partial charge in [-0.3, -0.25) is 0 Å². The molecule has 5 nitrogen and oxygen atoms in total. The Hall–Kier alpha value is -1.73. The van der Waals surface area contributed by atoms with E-state index in [2.05, 4.69) is 5.10 Å². The lowest BCUT2D eigenvalue weighted by atomic mass is 10.3. The van der Waals surface area contributed by atoms with Crippen molar-refractivity contribution < 1.29 is 12.8 Å². The Kier molecular flexibility index (Phi) is 2.49. The van der Waals surface area contributed by atoms with Crippen LogP contribution in [0.5, 0.6) is 0 Å². The molecule has 0 amide bonds. The van der Waals surface area contributed by atoms with E-state index in [0.29, 0.717) is 0 Å². The summed E-state index contributed by atoms with van der Waals surface area (Å²) in [4.78, 5) is 0. The van der Waals surface area contributed by atoms with Crippen LogP contribution in [0.3, 0.4) is 0 Å². The fourth-order valence-electron chi connectivity index (χ4n) is 1.31. The molecule has 7 heteroatoms. The summed E-state index contributed by atoms with van der Waals surface area (Å²) in [5, 5.41) is 8.46. The van der Waals surface area contributed by atoms with Gasteiger partial charge in [0.05, 0.1) is 6.20 Å². The van der Waals surface area contributed by atoms with Crippen molar-refractivity contribution in [3.8, 4) is 5.69 Å². The average Bonchev–Trinajstić information content (AvgIpc) is 2.66. The van der Waals surface area contributed by atoms with Crippen molar-refractivity contribution in [2.75, 3.05) is 0 Å². The van der Waals surface area contributed by atoms with Crippen molar-refractivity contribution in [1.82, 2.24) is 9.78 Å². The molecule has 84 valence electrons. The minimum atomic E-state index is -3.92. The van der Waals surface area contributed by atoms with Gasteiger partial charge in [-0.1, -0.05) is 12.1 Å². The van der Waals surface area contributed by atoms with Crippen molar-refractivity contribution in [3.05, 3.63) is 42.3 Å². The van der Waals surface area contributed by atoms with Crippen LogP contribution in [-0.2, 0) is 10.0 Å². The molecule has 1 heterocycles. The number of para-hydroxylation sites is 1. The van der Waals surface area contributed by atoms with Crippen LogP contribution in [0.2, 0.25) is 0 Å². The lowest BCUT2D eigenvalue weighted by molar-refractivity contribution is 0.578. The summed E-state index contributed by atoms with van der Waals surface area (Å²) in [5.41, 5.74) is 0.0384. The van der Waals surface area contributed by atoms with Gasteiger partial charge < -0.3 is 0 Å². The topological polar surface area (TPSA) is 78.0 Å². The number of hydrogen-bond acceptors (Lipinski definition) is 3. The molecule has 2 rings (SSSR count). The molecule has 0 aliphatic rings. The summed E-state index contributed by atoms with van der Waals surface area (Å²) in [6.45, 7) is 0. The maximum Gasteiger partial charge on any atom is 0.255 e. The number of primary sulfonamides is 1. The van der Waals surface area contributed by atoms with E-state index in [1.165, 1.54) is 30.5 Å².